The normalized spacial score (nSPS) is 12.2. The number of para-hydroxylation sites is 1. The van der Waals surface area contributed by atoms with Gasteiger partial charge >= 0.3 is 0 Å². The van der Waals surface area contributed by atoms with E-state index >= 15 is 0 Å². The number of rotatable bonds is 7. The van der Waals surface area contributed by atoms with Gasteiger partial charge in [0.25, 0.3) is 0 Å². The van der Waals surface area contributed by atoms with Crippen LogP contribution in [0.2, 0.25) is 0 Å². The van der Waals surface area contributed by atoms with E-state index in [4.69, 9.17) is 9.15 Å². The lowest BCUT2D eigenvalue weighted by molar-refractivity contribution is 0.200. The topological polar surface area (TPSA) is 34.4 Å². The van der Waals surface area contributed by atoms with Crippen molar-refractivity contribution >= 4 is 17.0 Å². The van der Waals surface area contributed by atoms with Gasteiger partial charge in [-0.15, -0.1) is 0 Å². The van der Waals surface area contributed by atoms with Crippen molar-refractivity contribution in [3.8, 4) is 0 Å². The van der Waals surface area contributed by atoms with Crippen molar-refractivity contribution in [3.05, 3.63) is 41.7 Å². The fourth-order valence-corrected chi connectivity index (χ4v) is 2.03. The smallest absolute Gasteiger partial charge is 0.134 e. The summed E-state index contributed by atoms with van der Waals surface area (Å²) in [6.45, 7) is 4.68. The number of fused-ring (bicyclic) bond motifs is 1. The Morgan fingerprint density at radius 2 is 2.21 bits per heavy atom. The minimum Gasteiger partial charge on any atom is -0.464 e. The second-order valence-electron chi connectivity index (χ2n) is 4.51. The average molecular weight is 259 g/mol. The quantitative estimate of drug-likeness (QED) is 0.773. The van der Waals surface area contributed by atoms with Crippen molar-refractivity contribution in [3.63, 3.8) is 0 Å². The highest BCUT2D eigenvalue weighted by Crippen LogP contribution is 2.23. The molecule has 1 aromatic carbocycles. The van der Waals surface area contributed by atoms with Crippen LogP contribution in [0.5, 0.6) is 0 Å². The third-order valence-electron chi connectivity index (χ3n) is 3.16. The van der Waals surface area contributed by atoms with E-state index in [-0.39, 0.29) is 0 Å². The molecule has 3 nitrogen and oxygen atoms in total. The van der Waals surface area contributed by atoms with Gasteiger partial charge in [0.15, 0.2) is 0 Å². The summed E-state index contributed by atoms with van der Waals surface area (Å²) in [4.78, 5) is 0. The van der Waals surface area contributed by atoms with Crippen molar-refractivity contribution in [2.45, 2.75) is 13.3 Å². The third-order valence-corrected chi connectivity index (χ3v) is 3.16. The number of nitrogens with one attached hydrogen (secondary N) is 1. The summed E-state index contributed by atoms with van der Waals surface area (Å²) >= 11 is 0. The zero-order valence-electron chi connectivity index (χ0n) is 11.6. The molecule has 0 aliphatic carbocycles. The molecule has 0 amide bonds. The molecule has 0 spiro atoms. The SMILES string of the molecule is CC/C(=C/c1coc2ccccc12)CNCCOC. The maximum absolute atomic E-state index is 5.55. The van der Waals surface area contributed by atoms with Crippen LogP contribution in [0, 0.1) is 0 Å². The van der Waals surface area contributed by atoms with Crippen molar-refractivity contribution in [1.82, 2.24) is 5.32 Å². The van der Waals surface area contributed by atoms with Gasteiger partial charge in [0.1, 0.15) is 5.58 Å². The van der Waals surface area contributed by atoms with Crippen molar-refractivity contribution < 1.29 is 9.15 Å². The van der Waals surface area contributed by atoms with E-state index in [1.807, 2.05) is 24.5 Å². The third kappa shape index (κ3) is 3.69. The van der Waals surface area contributed by atoms with E-state index in [1.165, 1.54) is 11.0 Å². The summed E-state index contributed by atoms with van der Waals surface area (Å²) in [5, 5.41) is 4.55. The lowest BCUT2D eigenvalue weighted by atomic mass is 10.1. The van der Waals surface area contributed by atoms with E-state index in [2.05, 4.69) is 24.4 Å². The van der Waals surface area contributed by atoms with Crippen LogP contribution in [-0.4, -0.2) is 26.8 Å². The molecule has 3 heteroatoms. The molecule has 0 radical (unpaired) electrons. The van der Waals surface area contributed by atoms with Gasteiger partial charge in [0.05, 0.1) is 12.9 Å². The molecule has 0 saturated heterocycles. The minimum absolute atomic E-state index is 0.742. The van der Waals surface area contributed by atoms with Gasteiger partial charge in [-0.2, -0.15) is 0 Å². The largest absolute Gasteiger partial charge is 0.464 e. The summed E-state index contributed by atoms with van der Waals surface area (Å²) < 4.78 is 10.6. The summed E-state index contributed by atoms with van der Waals surface area (Å²) in [6, 6.07) is 8.12. The molecule has 0 aliphatic rings. The zero-order chi connectivity index (χ0) is 13.5. The van der Waals surface area contributed by atoms with Gasteiger partial charge in [0, 0.05) is 31.1 Å². The van der Waals surface area contributed by atoms with Gasteiger partial charge < -0.3 is 14.5 Å². The van der Waals surface area contributed by atoms with Crippen LogP contribution >= 0.6 is 0 Å². The molecule has 1 N–H and O–H groups in total. The molecule has 19 heavy (non-hydrogen) atoms. The molecule has 0 bridgehead atoms. The zero-order valence-corrected chi connectivity index (χ0v) is 11.6. The monoisotopic (exact) mass is 259 g/mol. The molecular weight excluding hydrogens is 238 g/mol. The Morgan fingerprint density at radius 1 is 1.37 bits per heavy atom. The minimum atomic E-state index is 0.742. The Labute approximate surface area is 114 Å². The molecule has 1 aromatic heterocycles. The Hall–Kier alpha value is -1.58. The number of furan rings is 1. The number of methoxy groups -OCH3 is 1. The van der Waals surface area contributed by atoms with Gasteiger partial charge in [-0.1, -0.05) is 36.8 Å². The van der Waals surface area contributed by atoms with Crippen LogP contribution in [0.4, 0.5) is 0 Å². The molecule has 2 rings (SSSR count). The second kappa shape index (κ2) is 7.12. The molecule has 0 atom stereocenters. The molecule has 0 aliphatic heterocycles. The fraction of sp³-hybridized carbons (Fsp3) is 0.375. The van der Waals surface area contributed by atoms with Crippen LogP contribution < -0.4 is 5.32 Å². The Bertz CT molecular complexity index is 542. The highest BCUT2D eigenvalue weighted by Gasteiger charge is 2.03. The molecule has 0 unspecified atom stereocenters. The first-order valence-corrected chi connectivity index (χ1v) is 6.70. The number of hydrogen-bond donors (Lipinski definition) is 1. The first-order valence-electron chi connectivity index (χ1n) is 6.70. The van der Waals surface area contributed by atoms with E-state index < -0.39 is 0 Å². The summed E-state index contributed by atoms with van der Waals surface area (Å²) in [5.74, 6) is 0. The van der Waals surface area contributed by atoms with Gasteiger partial charge in [-0.3, -0.25) is 0 Å². The van der Waals surface area contributed by atoms with E-state index in [9.17, 15) is 0 Å². The first kappa shape index (κ1) is 13.8. The van der Waals surface area contributed by atoms with Crippen LogP contribution in [-0.2, 0) is 4.74 Å². The number of ether oxygens (including phenoxy) is 1. The van der Waals surface area contributed by atoms with Crippen molar-refractivity contribution in [1.29, 1.82) is 0 Å². The average Bonchev–Trinajstić information content (AvgIpc) is 2.85. The van der Waals surface area contributed by atoms with Crippen LogP contribution in [0.25, 0.3) is 17.0 Å². The Morgan fingerprint density at radius 3 is 3.00 bits per heavy atom. The highest BCUT2D eigenvalue weighted by atomic mass is 16.5. The van der Waals surface area contributed by atoms with Crippen LogP contribution in [0.1, 0.15) is 18.9 Å². The van der Waals surface area contributed by atoms with Crippen LogP contribution in [0.15, 0.2) is 40.5 Å². The van der Waals surface area contributed by atoms with Gasteiger partial charge in [0.2, 0.25) is 0 Å². The molecule has 0 saturated carbocycles. The molecule has 2 aromatic rings. The van der Waals surface area contributed by atoms with Crippen LogP contribution in [0.3, 0.4) is 0 Å². The predicted molar refractivity (Wildman–Crippen MR) is 79.2 cm³/mol. The summed E-state index contributed by atoms with van der Waals surface area (Å²) in [7, 11) is 1.72. The molecule has 0 fully saturated rings. The predicted octanol–water partition coefficient (Wildman–Crippen LogP) is 3.46. The lowest BCUT2D eigenvalue weighted by Crippen LogP contribution is -2.21. The fourth-order valence-electron chi connectivity index (χ4n) is 2.03. The van der Waals surface area contributed by atoms with E-state index in [0.717, 1.165) is 37.3 Å². The molecule has 1 heterocycles. The Balaban J connectivity index is 2.08. The second-order valence-corrected chi connectivity index (χ2v) is 4.51. The van der Waals surface area contributed by atoms with E-state index in [0.29, 0.717) is 0 Å². The van der Waals surface area contributed by atoms with Crippen molar-refractivity contribution in [2.75, 3.05) is 26.8 Å². The van der Waals surface area contributed by atoms with Gasteiger partial charge in [-0.25, -0.2) is 0 Å². The highest BCUT2D eigenvalue weighted by molar-refractivity contribution is 5.87. The standard InChI is InChI=1S/C16H21NO2/c1-3-13(11-17-8-9-18-2)10-14-12-19-16-7-5-4-6-15(14)16/h4-7,10,12,17H,3,8-9,11H2,1-2H3/b13-10-. The van der Waals surface area contributed by atoms with Crippen molar-refractivity contribution in [2.24, 2.45) is 0 Å². The number of hydrogen-bond acceptors (Lipinski definition) is 3. The summed E-state index contributed by atoms with van der Waals surface area (Å²) in [5.41, 5.74) is 3.46. The maximum atomic E-state index is 5.55. The number of benzene rings is 1. The van der Waals surface area contributed by atoms with E-state index in [1.54, 1.807) is 7.11 Å². The van der Waals surface area contributed by atoms with Gasteiger partial charge in [-0.05, 0) is 12.5 Å². The molecule has 102 valence electrons. The Kier molecular flexibility index (Phi) is 5.19. The maximum Gasteiger partial charge on any atom is 0.134 e. The first-order chi connectivity index (χ1) is 9.35. The molecular formula is C16H21NO2. The summed E-state index contributed by atoms with van der Waals surface area (Å²) in [6.07, 6.45) is 5.07. The lowest BCUT2D eigenvalue weighted by Gasteiger charge is -2.06.